The molecule has 57 heavy (non-hydrogen) atoms. The standard InChI is InChI=1S/C41H48ClN11O4/c1-40(2)35(41(3,4)38(40)57-26-19-29(42)30(20-43)46-21-26)34-27(36(44)55)5-6-32(48-34)51-16-8-24(9-17-51)23-50-14-10-25(11-15-50)53-37-28(22-47-53)31(7-13-45-37)52-18-12-33(54)49-39(52)56/h5-7,13,19,21-22,24-25,35,38H,8-12,14-18,23H2,1-4H3,(H2,44,55)(H,49,54,56). The largest absolute Gasteiger partial charge is 0.488 e. The van der Waals surface area contributed by atoms with Gasteiger partial charge >= 0.3 is 6.03 Å². The fraction of sp³-hybridized carbons (Fsp3) is 0.512. The highest BCUT2D eigenvalue weighted by Gasteiger charge is 2.65. The van der Waals surface area contributed by atoms with Crippen molar-refractivity contribution in [3.8, 4) is 11.8 Å². The SMILES string of the molecule is CC1(C)C(Oc2cnc(C#N)c(Cl)c2)C(C)(C)C1c1nc(N2CCC(CN3CCC(n4ncc5c(N6CCC(=O)NC6=O)ccnc54)CC3)CC2)ccc1C(N)=O. The van der Waals surface area contributed by atoms with Gasteiger partial charge in [-0.1, -0.05) is 39.3 Å². The third-order valence-corrected chi connectivity index (χ3v) is 12.9. The summed E-state index contributed by atoms with van der Waals surface area (Å²) in [6.45, 7) is 13.5. The smallest absolute Gasteiger partial charge is 0.328 e. The number of carbonyl (C=O) groups excluding carboxylic acids is 3. The molecule has 0 unspecified atom stereocenters. The number of primary amides is 1. The van der Waals surface area contributed by atoms with Crippen LogP contribution in [0.3, 0.4) is 0 Å². The van der Waals surface area contributed by atoms with Crippen LogP contribution in [0.5, 0.6) is 5.75 Å². The third-order valence-electron chi connectivity index (χ3n) is 12.6. The van der Waals surface area contributed by atoms with Crippen molar-refractivity contribution in [1.29, 1.82) is 5.26 Å². The van der Waals surface area contributed by atoms with E-state index in [-0.39, 0.29) is 41.1 Å². The van der Waals surface area contributed by atoms with Gasteiger partial charge in [-0.05, 0) is 49.8 Å². The molecule has 4 aromatic rings. The molecule has 4 aromatic heterocycles. The molecule has 0 aromatic carbocycles. The molecule has 3 N–H and O–H groups in total. The molecule has 4 amide bonds. The Kier molecular flexibility index (Phi) is 10.1. The topological polar surface area (TPSA) is 188 Å². The van der Waals surface area contributed by atoms with Gasteiger partial charge < -0.3 is 20.3 Å². The molecular formula is C41H48ClN11O4. The van der Waals surface area contributed by atoms with Crippen molar-refractivity contribution in [3.05, 3.63) is 64.8 Å². The predicted molar refractivity (Wildman–Crippen MR) is 214 cm³/mol. The number of likely N-dealkylation sites (tertiary alicyclic amines) is 1. The summed E-state index contributed by atoms with van der Waals surface area (Å²) in [5, 5.41) is 17.4. The average molecular weight is 794 g/mol. The lowest BCUT2D eigenvalue weighted by Crippen LogP contribution is -2.64. The number of urea groups is 1. The van der Waals surface area contributed by atoms with Gasteiger partial charge in [0.25, 0.3) is 5.91 Å². The number of hydrogen-bond donors (Lipinski definition) is 2. The van der Waals surface area contributed by atoms with E-state index in [1.165, 1.54) is 6.20 Å². The van der Waals surface area contributed by atoms with Crippen LogP contribution >= 0.6 is 11.6 Å². The number of anilines is 2. The number of imide groups is 1. The molecule has 0 radical (unpaired) electrons. The number of fused-ring (bicyclic) bond motifs is 1. The van der Waals surface area contributed by atoms with E-state index >= 15 is 0 Å². The first-order chi connectivity index (χ1) is 27.3. The Hall–Kier alpha value is -5.33. The van der Waals surface area contributed by atoms with Crippen LogP contribution in [0.2, 0.25) is 5.02 Å². The number of nitriles is 1. The van der Waals surface area contributed by atoms with Crippen molar-refractivity contribution in [2.45, 2.75) is 77.9 Å². The number of amides is 4. The minimum absolute atomic E-state index is 0.125. The van der Waals surface area contributed by atoms with Crippen LogP contribution in [0.4, 0.5) is 16.3 Å². The summed E-state index contributed by atoms with van der Waals surface area (Å²) >= 11 is 6.26. The van der Waals surface area contributed by atoms with Crippen LogP contribution in [-0.4, -0.2) is 92.9 Å². The van der Waals surface area contributed by atoms with Gasteiger partial charge in [0, 0.05) is 74.7 Å². The molecule has 1 saturated carbocycles. The van der Waals surface area contributed by atoms with Crippen molar-refractivity contribution in [2.24, 2.45) is 22.5 Å². The number of rotatable bonds is 9. The zero-order valence-corrected chi connectivity index (χ0v) is 33.5. The predicted octanol–water partition coefficient (Wildman–Crippen LogP) is 5.44. The van der Waals surface area contributed by atoms with Gasteiger partial charge in [-0.2, -0.15) is 10.4 Å². The van der Waals surface area contributed by atoms with E-state index < -0.39 is 22.8 Å². The highest BCUT2D eigenvalue weighted by Crippen LogP contribution is 2.65. The number of piperidine rings is 2. The van der Waals surface area contributed by atoms with Crippen LogP contribution in [-0.2, 0) is 4.79 Å². The maximum absolute atomic E-state index is 12.8. The van der Waals surface area contributed by atoms with Gasteiger partial charge in [-0.15, -0.1) is 0 Å². The molecule has 1 aliphatic carbocycles. The average Bonchev–Trinajstić information content (AvgIpc) is 3.62. The van der Waals surface area contributed by atoms with Crippen LogP contribution in [0.1, 0.15) is 93.5 Å². The van der Waals surface area contributed by atoms with Crippen molar-refractivity contribution in [3.63, 3.8) is 0 Å². The summed E-state index contributed by atoms with van der Waals surface area (Å²) in [5.74, 6) is 1.01. The summed E-state index contributed by atoms with van der Waals surface area (Å²) in [6.07, 6.45) is 9.01. The van der Waals surface area contributed by atoms with E-state index in [9.17, 15) is 19.6 Å². The monoisotopic (exact) mass is 793 g/mol. The molecule has 4 fully saturated rings. The van der Waals surface area contributed by atoms with E-state index in [0.29, 0.717) is 29.5 Å². The number of nitrogens with zero attached hydrogens (tertiary/aromatic N) is 9. The first kappa shape index (κ1) is 38.5. The lowest BCUT2D eigenvalue weighted by atomic mass is 9.44. The van der Waals surface area contributed by atoms with E-state index in [1.54, 1.807) is 29.4 Å². The van der Waals surface area contributed by atoms with Gasteiger partial charge in [0.05, 0.1) is 45.8 Å². The molecule has 15 nitrogen and oxygen atoms in total. The Morgan fingerprint density at radius 3 is 2.42 bits per heavy atom. The van der Waals surface area contributed by atoms with Crippen LogP contribution in [0.15, 0.2) is 42.9 Å². The van der Waals surface area contributed by atoms with Crippen molar-refractivity contribution in [2.75, 3.05) is 49.1 Å². The summed E-state index contributed by atoms with van der Waals surface area (Å²) in [5.41, 5.74) is 7.84. The Bertz CT molecular complexity index is 2250. The fourth-order valence-corrected chi connectivity index (χ4v) is 10.4. The maximum atomic E-state index is 12.8. The Balaban J connectivity index is 0.886. The van der Waals surface area contributed by atoms with E-state index in [4.69, 9.17) is 32.2 Å². The second-order valence-electron chi connectivity index (χ2n) is 17.0. The second-order valence-corrected chi connectivity index (χ2v) is 17.4. The zero-order valence-electron chi connectivity index (χ0n) is 32.7. The van der Waals surface area contributed by atoms with Crippen LogP contribution < -0.4 is 25.6 Å². The van der Waals surface area contributed by atoms with E-state index in [0.717, 1.165) is 80.9 Å². The van der Waals surface area contributed by atoms with Gasteiger partial charge in [0.1, 0.15) is 23.7 Å². The molecule has 0 bridgehead atoms. The number of halogens is 1. The highest BCUT2D eigenvalue weighted by molar-refractivity contribution is 6.31. The Morgan fingerprint density at radius 1 is 1.02 bits per heavy atom. The van der Waals surface area contributed by atoms with Crippen molar-refractivity contribution >= 4 is 52.0 Å². The lowest BCUT2D eigenvalue weighted by Gasteiger charge is -2.63. The number of ether oxygens (including phenoxy) is 1. The fourth-order valence-electron chi connectivity index (χ4n) is 10.2. The van der Waals surface area contributed by atoms with Gasteiger partial charge in [-0.3, -0.25) is 19.8 Å². The molecule has 4 aliphatic rings. The number of hydrogen-bond acceptors (Lipinski definition) is 11. The van der Waals surface area contributed by atoms with Gasteiger partial charge in [0.15, 0.2) is 11.3 Å². The Labute approximate surface area is 336 Å². The quantitative estimate of drug-likeness (QED) is 0.220. The molecule has 7 heterocycles. The molecule has 8 rings (SSSR count). The normalized spacial score (nSPS) is 22.9. The maximum Gasteiger partial charge on any atom is 0.328 e. The first-order valence-electron chi connectivity index (χ1n) is 19.7. The number of aromatic nitrogens is 5. The minimum Gasteiger partial charge on any atom is -0.488 e. The van der Waals surface area contributed by atoms with E-state index in [2.05, 4.69) is 52.8 Å². The van der Waals surface area contributed by atoms with E-state index in [1.807, 2.05) is 22.9 Å². The molecule has 298 valence electrons. The number of pyridine rings is 3. The van der Waals surface area contributed by atoms with Crippen LogP contribution in [0, 0.1) is 28.1 Å². The molecule has 0 spiro atoms. The summed E-state index contributed by atoms with van der Waals surface area (Å²) in [6, 6.07) is 8.95. The number of nitrogens with one attached hydrogen (secondary N) is 1. The Morgan fingerprint density at radius 2 is 1.75 bits per heavy atom. The van der Waals surface area contributed by atoms with Gasteiger partial charge in [-0.25, -0.2) is 24.4 Å². The molecule has 3 aliphatic heterocycles. The zero-order chi connectivity index (χ0) is 40.2. The number of nitrogens with two attached hydrogens (primary N) is 1. The summed E-state index contributed by atoms with van der Waals surface area (Å²) < 4.78 is 8.47. The van der Waals surface area contributed by atoms with Gasteiger partial charge in [0.2, 0.25) is 5.91 Å². The summed E-state index contributed by atoms with van der Waals surface area (Å²) in [4.78, 5) is 57.5. The van der Waals surface area contributed by atoms with Crippen molar-refractivity contribution < 1.29 is 19.1 Å². The third kappa shape index (κ3) is 7.03. The second kappa shape index (κ2) is 14.9. The molecular weight excluding hydrogens is 746 g/mol. The summed E-state index contributed by atoms with van der Waals surface area (Å²) in [7, 11) is 0. The first-order valence-corrected chi connectivity index (χ1v) is 20.1. The molecule has 3 saturated heterocycles. The molecule has 0 atom stereocenters. The van der Waals surface area contributed by atoms with Crippen LogP contribution in [0.25, 0.3) is 11.0 Å². The highest BCUT2D eigenvalue weighted by atomic mass is 35.5. The lowest BCUT2D eigenvalue weighted by molar-refractivity contribution is -0.161. The van der Waals surface area contributed by atoms with Crippen molar-refractivity contribution in [1.82, 2.24) is 34.9 Å². The minimum atomic E-state index is -0.502. The molecule has 16 heteroatoms. The number of carbonyl (C=O) groups is 3.